The molecule has 0 spiro atoms. The first-order chi connectivity index (χ1) is 11.6. The van der Waals surface area contributed by atoms with Gasteiger partial charge in [0.1, 0.15) is 5.75 Å². The van der Waals surface area contributed by atoms with Crippen LogP contribution in [0.25, 0.3) is 21.1 Å². The van der Waals surface area contributed by atoms with Crippen LogP contribution in [0.4, 0.5) is 0 Å². The van der Waals surface area contributed by atoms with Gasteiger partial charge in [0.05, 0.1) is 10.3 Å². The zero-order chi connectivity index (χ0) is 16.7. The molecule has 4 aromatic rings. The first-order valence-corrected chi connectivity index (χ1v) is 8.95. The molecule has 4 nitrogen and oxygen atoms in total. The van der Waals surface area contributed by atoms with Crippen LogP contribution in [-0.2, 0) is 0 Å². The van der Waals surface area contributed by atoms with Crippen molar-refractivity contribution in [2.45, 2.75) is 0 Å². The Kier molecular flexibility index (Phi) is 3.85. The molecule has 4 rings (SSSR count). The molecule has 24 heavy (non-hydrogen) atoms. The highest BCUT2D eigenvalue weighted by molar-refractivity contribution is 14.1. The molecule has 0 saturated heterocycles. The lowest BCUT2D eigenvalue weighted by Gasteiger charge is -2.09. The number of carbonyl (C=O) groups excluding carboxylic acids is 1. The third-order valence-corrected chi connectivity index (χ3v) is 5.31. The van der Waals surface area contributed by atoms with Crippen LogP contribution >= 0.6 is 33.9 Å². The Labute approximate surface area is 153 Å². The molecule has 0 radical (unpaired) electrons. The Morgan fingerprint density at radius 1 is 1.04 bits per heavy atom. The van der Waals surface area contributed by atoms with Gasteiger partial charge in [-0.05, 0) is 34.7 Å². The summed E-state index contributed by atoms with van der Waals surface area (Å²) in [5, 5.41) is 1.48. The third-order valence-electron chi connectivity index (χ3n) is 3.60. The van der Waals surface area contributed by atoms with Gasteiger partial charge in [0.25, 0.3) is 0 Å². The topological polar surface area (TPSA) is 56.5 Å². The molecule has 0 unspecified atom stereocenters. The van der Waals surface area contributed by atoms with E-state index in [-0.39, 0.29) is 4.94 Å². The lowest BCUT2D eigenvalue weighted by molar-refractivity contribution is 0.0736. The summed E-state index contributed by atoms with van der Waals surface area (Å²) in [7, 11) is 0. The molecule has 0 N–H and O–H groups in total. The van der Waals surface area contributed by atoms with Crippen molar-refractivity contribution in [1.29, 1.82) is 0 Å². The maximum absolute atomic E-state index is 12.5. The van der Waals surface area contributed by atoms with Crippen molar-refractivity contribution in [2.75, 3.05) is 0 Å². The molecule has 6 heteroatoms. The second-order valence-corrected chi connectivity index (χ2v) is 7.21. The molecule has 3 aromatic carbocycles. The first kappa shape index (κ1) is 15.3. The van der Waals surface area contributed by atoms with E-state index in [0.29, 0.717) is 21.6 Å². The summed E-state index contributed by atoms with van der Waals surface area (Å²) in [5.41, 5.74) is 1.03. The highest BCUT2D eigenvalue weighted by Gasteiger charge is 2.17. The molecular formula is C18H9IO4S. The van der Waals surface area contributed by atoms with Crippen LogP contribution in [0.5, 0.6) is 5.75 Å². The normalized spacial score (nSPS) is 11.0. The maximum Gasteiger partial charge on any atom is 0.396 e. The van der Waals surface area contributed by atoms with Gasteiger partial charge in [-0.15, -0.1) is 0 Å². The minimum Gasteiger partial charge on any atom is -0.422 e. The fraction of sp³-hybridized carbons (Fsp3) is 0. The van der Waals surface area contributed by atoms with E-state index in [1.165, 1.54) is 0 Å². The fourth-order valence-electron chi connectivity index (χ4n) is 2.53. The molecular weight excluding hydrogens is 439 g/mol. The lowest BCUT2D eigenvalue weighted by Crippen LogP contribution is -2.10. The second kappa shape index (κ2) is 6.03. The van der Waals surface area contributed by atoms with E-state index in [0.717, 1.165) is 25.7 Å². The van der Waals surface area contributed by atoms with Gasteiger partial charge in [-0.3, -0.25) is 0 Å². The van der Waals surface area contributed by atoms with E-state index in [1.54, 1.807) is 18.2 Å². The highest BCUT2D eigenvalue weighted by Crippen LogP contribution is 2.35. The SMILES string of the molecule is O=C(Oc1cc2sc(=O)oc2c2ccccc12)c1ccccc1I. The number of hydrogen-bond donors (Lipinski definition) is 0. The van der Waals surface area contributed by atoms with Gasteiger partial charge in [0.2, 0.25) is 0 Å². The Bertz CT molecular complexity index is 1140. The van der Waals surface area contributed by atoms with Crippen LogP contribution in [0.3, 0.4) is 0 Å². The Morgan fingerprint density at radius 3 is 2.54 bits per heavy atom. The molecule has 0 bridgehead atoms. The van der Waals surface area contributed by atoms with Crippen molar-refractivity contribution in [3.05, 3.63) is 73.5 Å². The molecule has 0 aliphatic rings. The number of halogens is 1. The molecule has 1 aromatic heterocycles. The zero-order valence-electron chi connectivity index (χ0n) is 12.1. The molecule has 118 valence electrons. The van der Waals surface area contributed by atoms with Crippen LogP contribution in [0.15, 0.2) is 63.8 Å². The van der Waals surface area contributed by atoms with Crippen molar-refractivity contribution in [3.8, 4) is 5.75 Å². The number of ether oxygens (including phenoxy) is 1. The summed E-state index contributed by atoms with van der Waals surface area (Å²) < 4.78 is 12.4. The van der Waals surface area contributed by atoms with E-state index >= 15 is 0 Å². The fourth-order valence-corrected chi connectivity index (χ4v) is 3.85. The number of rotatable bonds is 2. The standard InChI is InChI=1S/C18H9IO4S/c19-13-8-4-3-7-12(13)17(20)22-14-9-15-16(23-18(21)24-15)11-6-2-1-5-10(11)14/h1-9H. The van der Waals surface area contributed by atoms with Gasteiger partial charge in [-0.2, -0.15) is 0 Å². The average molecular weight is 448 g/mol. The van der Waals surface area contributed by atoms with E-state index < -0.39 is 5.97 Å². The zero-order valence-corrected chi connectivity index (χ0v) is 15.1. The Hall–Kier alpha value is -2.19. The predicted octanol–water partition coefficient (Wildman–Crippen LogP) is 4.83. The smallest absolute Gasteiger partial charge is 0.396 e. The number of hydrogen-bond acceptors (Lipinski definition) is 5. The quantitative estimate of drug-likeness (QED) is 0.251. The van der Waals surface area contributed by atoms with Gasteiger partial charge in [0, 0.05) is 20.4 Å². The summed E-state index contributed by atoms with van der Waals surface area (Å²) in [6.07, 6.45) is 0. The van der Waals surface area contributed by atoms with Gasteiger partial charge in [-0.1, -0.05) is 47.7 Å². The molecule has 0 saturated carbocycles. The lowest BCUT2D eigenvalue weighted by atomic mass is 10.1. The number of fused-ring (bicyclic) bond motifs is 3. The van der Waals surface area contributed by atoms with Crippen molar-refractivity contribution < 1.29 is 13.9 Å². The van der Waals surface area contributed by atoms with Gasteiger partial charge in [-0.25, -0.2) is 9.59 Å². The van der Waals surface area contributed by atoms with Crippen LogP contribution in [0.2, 0.25) is 0 Å². The average Bonchev–Trinajstić information content (AvgIpc) is 2.96. The van der Waals surface area contributed by atoms with Crippen molar-refractivity contribution in [2.24, 2.45) is 0 Å². The summed E-state index contributed by atoms with van der Waals surface area (Å²) >= 11 is 3.09. The summed E-state index contributed by atoms with van der Waals surface area (Å²) in [6, 6.07) is 16.3. The predicted molar refractivity (Wildman–Crippen MR) is 102 cm³/mol. The number of carbonyl (C=O) groups is 1. The third kappa shape index (κ3) is 2.61. The van der Waals surface area contributed by atoms with Crippen LogP contribution in [0, 0.1) is 3.57 Å². The second-order valence-electron chi connectivity index (χ2n) is 5.07. The molecule has 0 aliphatic heterocycles. The molecule has 1 heterocycles. The van der Waals surface area contributed by atoms with E-state index in [9.17, 15) is 9.59 Å². The number of benzene rings is 3. The first-order valence-electron chi connectivity index (χ1n) is 7.05. The minimum absolute atomic E-state index is 0.378. The van der Waals surface area contributed by atoms with Crippen molar-refractivity contribution in [1.82, 2.24) is 0 Å². The molecule has 0 atom stereocenters. The minimum atomic E-state index is -0.430. The van der Waals surface area contributed by atoms with Gasteiger partial charge in [0.15, 0.2) is 5.58 Å². The molecule has 0 aliphatic carbocycles. The summed E-state index contributed by atoms with van der Waals surface area (Å²) in [6.45, 7) is 0. The number of esters is 1. The summed E-state index contributed by atoms with van der Waals surface area (Å²) in [5.74, 6) is -0.0138. The van der Waals surface area contributed by atoms with Crippen LogP contribution < -0.4 is 9.68 Å². The molecule has 0 amide bonds. The van der Waals surface area contributed by atoms with E-state index in [1.807, 2.05) is 36.4 Å². The van der Waals surface area contributed by atoms with Crippen molar-refractivity contribution >= 4 is 61.0 Å². The van der Waals surface area contributed by atoms with E-state index in [2.05, 4.69) is 22.6 Å². The Balaban J connectivity index is 1.88. The monoisotopic (exact) mass is 448 g/mol. The molecule has 0 fully saturated rings. The van der Waals surface area contributed by atoms with Gasteiger partial charge >= 0.3 is 10.9 Å². The van der Waals surface area contributed by atoms with Crippen LogP contribution in [-0.4, -0.2) is 5.97 Å². The Morgan fingerprint density at radius 2 is 1.75 bits per heavy atom. The summed E-state index contributed by atoms with van der Waals surface area (Å²) in [4.78, 5) is 23.7. The highest BCUT2D eigenvalue weighted by atomic mass is 127. The largest absolute Gasteiger partial charge is 0.422 e. The van der Waals surface area contributed by atoms with Crippen LogP contribution in [0.1, 0.15) is 10.4 Å². The van der Waals surface area contributed by atoms with Gasteiger partial charge < -0.3 is 9.15 Å². The van der Waals surface area contributed by atoms with Crippen molar-refractivity contribution in [3.63, 3.8) is 0 Å². The maximum atomic E-state index is 12.5. The van der Waals surface area contributed by atoms with E-state index in [4.69, 9.17) is 9.15 Å².